The molecule has 32 heavy (non-hydrogen) atoms. The van der Waals surface area contributed by atoms with Gasteiger partial charge in [-0.25, -0.2) is 14.8 Å². The summed E-state index contributed by atoms with van der Waals surface area (Å²) in [5.41, 5.74) is 0.585. The lowest BCUT2D eigenvalue weighted by atomic mass is 10.0. The van der Waals surface area contributed by atoms with Crippen molar-refractivity contribution in [1.82, 2.24) is 20.2 Å². The van der Waals surface area contributed by atoms with E-state index < -0.39 is 24.5 Å². The predicted molar refractivity (Wildman–Crippen MR) is 117 cm³/mol. The molecule has 11 heteroatoms. The molecule has 4 rings (SSSR count). The Hall–Kier alpha value is -2.23. The van der Waals surface area contributed by atoms with Gasteiger partial charge < -0.3 is 20.3 Å². The molecule has 7 nitrogen and oxygen atoms in total. The van der Waals surface area contributed by atoms with Crippen molar-refractivity contribution in [1.29, 1.82) is 0 Å². The molecule has 2 N–H and O–H groups in total. The quantitative estimate of drug-likeness (QED) is 0.652. The Labute approximate surface area is 194 Å². The zero-order chi connectivity index (χ0) is 22.9. The van der Waals surface area contributed by atoms with Crippen molar-refractivity contribution in [3.05, 3.63) is 51.3 Å². The summed E-state index contributed by atoms with van der Waals surface area (Å²) < 4.78 is 34.9. The Morgan fingerprint density at radius 1 is 1.28 bits per heavy atom. The monoisotopic (exact) mass is 485 g/mol. The lowest BCUT2D eigenvalue weighted by Gasteiger charge is -2.34. The van der Waals surface area contributed by atoms with Crippen molar-refractivity contribution < 1.29 is 18.3 Å². The van der Waals surface area contributed by atoms with Gasteiger partial charge in [0, 0.05) is 25.5 Å². The summed E-state index contributed by atoms with van der Waals surface area (Å²) in [4.78, 5) is 22.2. The van der Waals surface area contributed by atoms with E-state index in [1.165, 1.54) is 0 Å². The van der Waals surface area contributed by atoms with E-state index in [1.54, 1.807) is 25.1 Å². The second-order valence-electron chi connectivity index (χ2n) is 7.99. The van der Waals surface area contributed by atoms with Crippen LogP contribution in [-0.2, 0) is 17.2 Å². The number of urea groups is 1. The Morgan fingerprint density at radius 2 is 2.03 bits per heavy atom. The zero-order valence-corrected chi connectivity index (χ0v) is 18.9. The smallest absolute Gasteiger partial charge is 0.318 e. The molecule has 0 aliphatic carbocycles. The SMILES string of the molecule is C[C@@H](NC(=O)N1Cc2nc(NC3CCOCC3)ncc2C(F)(F)C1)c1ccc(Cl)c(Cl)c1. The number of carbonyl (C=O) groups excluding carboxylic acids is 1. The lowest BCUT2D eigenvalue weighted by molar-refractivity contribution is -0.0425. The highest BCUT2D eigenvalue weighted by Gasteiger charge is 2.43. The molecule has 1 saturated heterocycles. The average molecular weight is 486 g/mol. The first-order chi connectivity index (χ1) is 15.2. The Kier molecular flexibility index (Phi) is 6.69. The van der Waals surface area contributed by atoms with Crippen LogP contribution in [0.5, 0.6) is 0 Å². The van der Waals surface area contributed by atoms with Gasteiger partial charge in [-0.3, -0.25) is 0 Å². The van der Waals surface area contributed by atoms with E-state index in [9.17, 15) is 13.6 Å². The molecule has 0 unspecified atom stereocenters. The van der Waals surface area contributed by atoms with Crippen LogP contribution in [-0.4, -0.2) is 46.7 Å². The molecule has 1 fully saturated rings. The van der Waals surface area contributed by atoms with Crippen LogP contribution in [0.4, 0.5) is 19.5 Å². The van der Waals surface area contributed by atoms with Crippen molar-refractivity contribution in [3.63, 3.8) is 0 Å². The molecule has 1 aromatic carbocycles. The number of rotatable bonds is 4. The third kappa shape index (κ3) is 5.05. The van der Waals surface area contributed by atoms with Gasteiger partial charge in [-0.1, -0.05) is 29.3 Å². The van der Waals surface area contributed by atoms with Gasteiger partial charge in [0.1, 0.15) is 0 Å². The molecule has 2 aliphatic rings. The summed E-state index contributed by atoms with van der Waals surface area (Å²) >= 11 is 12.0. The van der Waals surface area contributed by atoms with Crippen LogP contribution in [0.3, 0.4) is 0 Å². The minimum absolute atomic E-state index is 0.0458. The van der Waals surface area contributed by atoms with E-state index in [1.807, 2.05) is 0 Å². The number of nitrogens with zero attached hydrogens (tertiary/aromatic N) is 3. The van der Waals surface area contributed by atoms with Crippen molar-refractivity contribution in [2.24, 2.45) is 0 Å². The van der Waals surface area contributed by atoms with E-state index in [4.69, 9.17) is 27.9 Å². The number of benzene rings is 1. The van der Waals surface area contributed by atoms with Crippen LogP contribution in [0.2, 0.25) is 10.0 Å². The van der Waals surface area contributed by atoms with E-state index in [2.05, 4.69) is 20.6 Å². The van der Waals surface area contributed by atoms with Gasteiger partial charge in [0.2, 0.25) is 5.95 Å². The zero-order valence-electron chi connectivity index (χ0n) is 17.4. The third-order valence-corrected chi connectivity index (χ3v) is 6.36. The molecule has 2 aromatic rings. The number of halogens is 4. The number of hydrogen-bond donors (Lipinski definition) is 2. The third-order valence-electron chi connectivity index (χ3n) is 5.62. The van der Waals surface area contributed by atoms with Crippen LogP contribution in [0.1, 0.15) is 42.6 Å². The normalized spacial score (nSPS) is 19.2. The van der Waals surface area contributed by atoms with E-state index >= 15 is 0 Å². The van der Waals surface area contributed by atoms with Gasteiger partial charge in [-0.2, -0.15) is 8.78 Å². The molecule has 3 heterocycles. The Bertz CT molecular complexity index is 1000. The fourth-order valence-electron chi connectivity index (χ4n) is 3.78. The summed E-state index contributed by atoms with van der Waals surface area (Å²) in [5, 5.41) is 6.66. The largest absolute Gasteiger partial charge is 0.381 e. The number of anilines is 1. The van der Waals surface area contributed by atoms with E-state index in [0.29, 0.717) is 28.8 Å². The van der Waals surface area contributed by atoms with Crippen LogP contribution in [0.15, 0.2) is 24.4 Å². The average Bonchev–Trinajstić information content (AvgIpc) is 2.75. The van der Waals surface area contributed by atoms with Gasteiger partial charge in [-0.05, 0) is 37.5 Å². The first-order valence-electron chi connectivity index (χ1n) is 10.3. The van der Waals surface area contributed by atoms with Crippen molar-refractivity contribution in [2.45, 2.75) is 44.3 Å². The number of carbonyl (C=O) groups is 1. The fourth-order valence-corrected chi connectivity index (χ4v) is 4.09. The van der Waals surface area contributed by atoms with Gasteiger partial charge in [-0.15, -0.1) is 0 Å². The molecular weight excluding hydrogens is 463 g/mol. The first kappa shape index (κ1) is 22.9. The highest BCUT2D eigenvalue weighted by atomic mass is 35.5. The topological polar surface area (TPSA) is 79.4 Å². The van der Waals surface area contributed by atoms with Crippen molar-refractivity contribution in [2.75, 3.05) is 25.1 Å². The highest BCUT2D eigenvalue weighted by molar-refractivity contribution is 6.42. The number of amides is 2. The molecule has 1 aromatic heterocycles. The minimum atomic E-state index is -3.26. The summed E-state index contributed by atoms with van der Waals surface area (Å²) in [7, 11) is 0. The standard InChI is InChI=1S/C21H23Cl2F2N5O2/c1-12(13-2-3-16(22)17(23)8-13)27-20(31)30-10-18-15(21(24,25)11-30)9-26-19(29-18)28-14-4-6-32-7-5-14/h2-3,8-9,12,14H,4-7,10-11H2,1H3,(H,27,31)(H,26,28,29)/t12-/m1/s1. The second-order valence-corrected chi connectivity index (χ2v) is 8.80. The number of fused-ring (bicyclic) bond motifs is 1. The maximum Gasteiger partial charge on any atom is 0.318 e. The maximum absolute atomic E-state index is 14.8. The Balaban J connectivity index is 1.47. The summed E-state index contributed by atoms with van der Waals surface area (Å²) in [6.07, 6.45) is 2.73. The molecule has 1 atom stereocenters. The van der Waals surface area contributed by atoms with E-state index in [0.717, 1.165) is 23.9 Å². The number of alkyl halides is 2. The second kappa shape index (κ2) is 9.33. The molecule has 2 aliphatic heterocycles. The van der Waals surface area contributed by atoms with Gasteiger partial charge in [0.05, 0.1) is 40.4 Å². The first-order valence-corrected chi connectivity index (χ1v) is 11.1. The minimum Gasteiger partial charge on any atom is -0.381 e. The molecule has 0 bridgehead atoms. The molecule has 0 radical (unpaired) electrons. The van der Waals surface area contributed by atoms with Crippen molar-refractivity contribution in [3.8, 4) is 0 Å². The molecular formula is C21H23Cl2F2N5O2. The maximum atomic E-state index is 14.8. The number of ether oxygens (including phenoxy) is 1. The molecule has 2 amide bonds. The number of hydrogen-bond acceptors (Lipinski definition) is 5. The van der Waals surface area contributed by atoms with Crippen molar-refractivity contribution >= 4 is 35.2 Å². The molecule has 0 spiro atoms. The molecule has 0 saturated carbocycles. The highest BCUT2D eigenvalue weighted by Crippen LogP contribution is 2.36. The summed E-state index contributed by atoms with van der Waals surface area (Å²) in [6.45, 7) is 2.20. The fraction of sp³-hybridized carbons (Fsp3) is 0.476. The predicted octanol–water partition coefficient (Wildman–Crippen LogP) is 4.75. The van der Waals surface area contributed by atoms with Crippen LogP contribution in [0.25, 0.3) is 0 Å². The molecule has 172 valence electrons. The number of aromatic nitrogens is 2. The van der Waals surface area contributed by atoms with Crippen LogP contribution >= 0.6 is 23.2 Å². The van der Waals surface area contributed by atoms with Gasteiger partial charge >= 0.3 is 6.03 Å². The summed E-state index contributed by atoms with van der Waals surface area (Å²) in [5.74, 6) is -2.98. The lowest BCUT2D eigenvalue weighted by Crippen LogP contribution is -2.49. The van der Waals surface area contributed by atoms with Gasteiger partial charge in [0.15, 0.2) is 0 Å². The number of nitrogens with one attached hydrogen (secondary N) is 2. The van der Waals surface area contributed by atoms with E-state index in [-0.39, 0.29) is 29.8 Å². The summed E-state index contributed by atoms with van der Waals surface area (Å²) in [6, 6.07) is 4.03. The Morgan fingerprint density at radius 3 is 2.75 bits per heavy atom. The van der Waals surface area contributed by atoms with Crippen LogP contribution in [0, 0.1) is 0 Å². The van der Waals surface area contributed by atoms with Gasteiger partial charge in [0.25, 0.3) is 5.92 Å². The van der Waals surface area contributed by atoms with Crippen LogP contribution < -0.4 is 10.6 Å².